The monoisotopic (exact) mass is 453 g/mol. The summed E-state index contributed by atoms with van der Waals surface area (Å²) in [5, 5.41) is 13.5. The lowest BCUT2D eigenvalue weighted by Crippen LogP contribution is -2.07. The number of para-hydroxylation sites is 1. The summed E-state index contributed by atoms with van der Waals surface area (Å²) in [5.74, 6) is -0.182. The summed E-state index contributed by atoms with van der Waals surface area (Å²) in [7, 11) is 2.02. The van der Waals surface area contributed by atoms with Crippen LogP contribution in [0.1, 0.15) is 15.9 Å². The van der Waals surface area contributed by atoms with Crippen molar-refractivity contribution in [3.63, 3.8) is 0 Å². The number of hydrogen-bond donors (Lipinski definition) is 1. The molecule has 0 saturated heterocycles. The molecule has 168 valence electrons. The van der Waals surface area contributed by atoms with Gasteiger partial charge in [0.2, 0.25) is 0 Å². The van der Waals surface area contributed by atoms with E-state index < -0.39 is 0 Å². The number of phenolic OH excluding ortho intramolecular Hbond substituents is 1. The first-order valence-corrected chi connectivity index (χ1v) is 11.6. The van der Waals surface area contributed by atoms with Crippen LogP contribution in [0, 0.1) is 0 Å². The molecule has 0 aliphatic rings. The zero-order chi connectivity index (χ0) is 23.9. The Bertz CT molecular complexity index is 1700. The number of aryl methyl sites for hydroxylation is 1. The molecule has 0 unspecified atom stereocenters. The fourth-order valence-corrected chi connectivity index (χ4v) is 5.15. The molecule has 1 heterocycles. The lowest BCUT2D eigenvalue weighted by molar-refractivity contribution is 0.103. The average Bonchev–Trinajstić information content (AvgIpc) is 3.22. The summed E-state index contributed by atoms with van der Waals surface area (Å²) in [6.07, 6.45) is 0. The standard InChI is InChI=1S/C32H23NO2/c1-33-25-20-12-11-19-24(25)28-30(33)27(22-15-7-3-8-16-22)26(21-13-5-2-6-14-21)29(32(28)35)31(34)23-17-9-4-10-18-23/h2-20,35H,1H3. The van der Waals surface area contributed by atoms with E-state index in [1.807, 2.05) is 98.0 Å². The van der Waals surface area contributed by atoms with Gasteiger partial charge in [0.15, 0.2) is 5.78 Å². The van der Waals surface area contributed by atoms with E-state index >= 15 is 0 Å². The maximum Gasteiger partial charge on any atom is 0.197 e. The van der Waals surface area contributed by atoms with E-state index in [9.17, 15) is 9.90 Å². The highest BCUT2D eigenvalue weighted by molar-refractivity contribution is 6.26. The van der Waals surface area contributed by atoms with E-state index in [0.29, 0.717) is 16.5 Å². The second-order valence-corrected chi connectivity index (χ2v) is 8.70. The van der Waals surface area contributed by atoms with Gasteiger partial charge in [0.25, 0.3) is 0 Å². The van der Waals surface area contributed by atoms with Crippen LogP contribution in [-0.4, -0.2) is 15.5 Å². The molecule has 3 heteroatoms. The van der Waals surface area contributed by atoms with Crippen LogP contribution in [-0.2, 0) is 7.05 Å². The molecule has 0 spiro atoms. The number of hydrogen-bond acceptors (Lipinski definition) is 2. The fraction of sp³-hybridized carbons (Fsp3) is 0.0312. The maximum absolute atomic E-state index is 14.1. The Morgan fingerprint density at radius 1 is 0.657 bits per heavy atom. The number of carbonyl (C=O) groups excluding carboxylic acids is 1. The number of phenols is 1. The summed E-state index contributed by atoms with van der Waals surface area (Å²) in [6.45, 7) is 0. The summed E-state index contributed by atoms with van der Waals surface area (Å²) in [5.41, 5.74) is 6.31. The van der Waals surface area contributed by atoms with E-state index in [0.717, 1.165) is 38.7 Å². The Kier molecular flexibility index (Phi) is 4.97. The van der Waals surface area contributed by atoms with Gasteiger partial charge in [0, 0.05) is 34.6 Å². The molecule has 0 radical (unpaired) electrons. The van der Waals surface area contributed by atoms with Gasteiger partial charge < -0.3 is 9.67 Å². The molecule has 35 heavy (non-hydrogen) atoms. The topological polar surface area (TPSA) is 42.2 Å². The molecule has 1 N–H and O–H groups in total. The second-order valence-electron chi connectivity index (χ2n) is 8.70. The predicted molar refractivity (Wildman–Crippen MR) is 143 cm³/mol. The Morgan fingerprint density at radius 2 is 1.17 bits per heavy atom. The smallest absolute Gasteiger partial charge is 0.197 e. The third kappa shape index (κ3) is 3.24. The van der Waals surface area contributed by atoms with Gasteiger partial charge in [-0.15, -0.1) is 0 Å². The molecule has 1 aromatic heterocycles. The van der Waals surface area contributed by atoms with Crippen LogP contribution in [0.2, 0.25) is 0 Å². The molecule has 0 saturated carbocycles. The van der Waals surface area contributed by atoms with Gasteiger partial charge in [0.05, 0.1) is 16.5 Å². The molecule has 6 aromatic rings. The van der Waals surface area contributed by atoms with E-state index in [-0.39, 0.29) is 11.5 Å². The maximum atomic E-state index is 14.1. The van der Waals surface area contributed by atoms with E-state index in [1.54, 1.807) is 12.1 Å². The van der Waals surface area contributed by atoms with Gasteiger partial charge in [-0.25, -0.2) is 0 Å². The van der Waals surface area contributed by atoms with Gasteiger partial charge in [-0.05, 0) is 17.2 Å². The highest BCUT2D eigenvalue weighted by Crippen LogP contribution is 2.49. The minimum atomic E-state index is -0.200. The molecule has 0 bridgehead atoms. The number of nitrogens with zero attached hydrogens (tertiary/aromatic N) is 1. The Hall–Kier alpha value is -4.63. The first kappa shape index (κ1) is 20.9. The van der Waals surface area contributed by atoms with Crippen molar-refractivity contribution in [3.8, 4) is 28.0 Å². The van der Waals surface area contributed by atoms with Crippen molar-refractivity contribution in [1.29, 1.82) is 0 Å². The minimum Gasteiger partial charge on any atom is -0.506 e. The van der Waals surface area contributed by atoms with Crippen molar-refractivity contribution in [1.82, 2.24) is 4.57 Å². The van der Waals surface area contributed by atoms with Crippen LogP contribution < -0.4 is 0 Å². The number of aromatic nitrogens is 1. The number of carbonyl (C=O) groups is 1. The van der Waals surface area contributed by atoms with Crippen molar-refractivity contribution < 1.29 is 9.90 Å². The molecular weight excluding hydrogens is 430 g/mol. The number of ketones is 1. The molecule has 0 aliphatic carbocycles. The van der Waals surface area contributed by atoms with E-state index in [1.165, 1.54) is 0 Å². The van der Waals surface area contributed by atoms with E-state index in [4.69, 9.17) is 0 Å². The van der Waals surface area contributed by atoms with Gasteiger partial charge >= 0.3 is 0 Å². The third-order valence-electron chi connectivity index (χ3n) is 6.71. The third-order valence-corrected chi connectivity index (χ3v) is 6.71. The van der Waals surface area contributed by atoms with Crippen LogP contribution in [0.4, 0.5) is 0 Å². The molecule has 3 nitrogen and oxygen atoms in total. The van der Waals surface area contributed by atoms with Crippen molar-refractivity contribution in [2.75, 3.05) is 0 Å². The number of benzene rings is 5. The second kappa shape index (κ2) is 8.30. The number of rotatable bonds is 4. The van der Waals surface area contributed by atoms with Crippen molar-refractivity contribution >= 4 is 27.6 Å². The van der Waals surface area contributed by atoms with Gasteiger partial charge in [-0.1, -0.05) is 109 Å². The Balaban J connectivity index is 1.88. The fourth-order valence-electron chi connectivity index (χ4n) is 5.15. The highest BCUT2D eigenvalue weighted by atomic mass is 16.3. The summed E-state index contributed by atoms with van der Waals surface area (Å²) < 4.78 is 2.12. The molecule has 0 amide bonds. The predicted octanol–water partition coefficient (Wildman–Crippen LogP) is 7.60. The molecular formula is C32H23NO2. The number of fused-ring (bicyclic) bond motifs is 3. The Morgan fingerprint density at radius 3 is 1.80 bits per heavy atom. The summed E-state index contributed by atoms with van der Waals surface area (Å²) in [4.78, 5) is 14.1. The van der Waals surface area contributed by atoms with E-state index in [2.05, 4.69) is 16.7 Å². The van der Waals surface area contributed by atoms with Crippen LogP contribution in [0.15, 0.2) is 115 Å². The van der Waals surface area contributed by atoms with Crippen LogP contribution >= 0.6 is 0 Å². The molecule has 6 rings (SSSR count). The zero-order valence-corrected chi connectivity index (χ0v) is 19.3. The molecule has 0 aliphatic heterocycles. The summed E-state index contributed by atoms with van der Waals surface area (Å²) in [6, 6.07) is 37.2. The summed E-state index contributed by atoms with van der Waals surface area (Å²) >= 11 is 0. The molecule has 0 fully saturated rings. The van der Waals surface area contributed by atoms with Gasteiger partial charge in [-0.3, -0.25) is 4.79 Å². The van der Waals surface area contributed by atoms with Gasteiger partial charge in [0.1, 0.15) is 5.75 Å². The quantitative estimate of drug-likeness (QED) is 0.279. The first-order chi connectivity index (χ1) is 17.2. The SMILES string of the molecule is Cn1c2ccccc2c2c(O)c(C(=O)c3ccccc3)c(-c3ccccc3)c(-c3ccccc3)c21. The lowest BCUT2D eigenvalue weighted by Gasteiger charge is -2.20. The van der Waals surface area contributed by atoms with Crippen molar-refractivity contribution in [2.45, 2.75) is 0 Å². The number of aromatic hydroxyl groups is 1. The van der Waals surface area contributed by atoms with Crippen molar-refractivity contribution in [2.24, 2.45) is 7.05 Å². The first-order valence-electron chi connectivity index (χ1n) is 11.6. The average molecular weight is 454 g/mol. The zero-order valence-electron chi connectivity index (χ0n) is 19.3. The largest absolute Gasteiger partial charge is 0.506 e. The Labute approximate surface area is 203 Å². The van der Waals surface area contributed by atoms with Gasteiger partial charge in [-0.2, -0.15) is 0 Å². The van der Waals surface area contributed by atoms with Crippen LogP contribution in [0.5, 0.6) is 5.75 Å². The molecule has 0 atom stereocenters. The lowest BCUT2D eigenvalue weighted by atomic mass is 9.84. The molecule has 5 aromatic carbocycles. The van der Waals surface area contributed by atoms with Crippen LogP contribution in [0.25, 0.3) is 44.1 Å². The van der Waals surface area contributed by atoms with Crippen molar-refractivity contribution in [3.05, 3.63) is 126 Å². The minimum absolute atomic E-state index is 0.0178. The normalized spacial score (nSPS) is 11.2. The highest BCUT2D eigenvalue weighted by Gasteiger charge is 2.29. The van der Waals surface area contributed by atoms with Crippen LogP contribution in [0.3, 0.4) is 0 Å².